The van der Waals surface area contributed by atoms with Crippen LogP contribution in [0, 0.1) is 0 Å². The fourth-order valence-electron chi connectivity index (χ4n) is 4.80. The zero-order valence-corrected chi connectivity index (χ0v) is 18.2. The molecule has 1 saturated heterocycles. The molecule has 2 aliphatic rings. The predicted molar refractivity (Wildman–Crippen MR) is 115 cm³/mol. The van der Waals surface area contributed by atoms with E-state index in [9.17, 15) is 0 Å². The Morgan fingerprint density at radius 1 is 0.867 bits per heavy atom. The highest BCUT2D eigenvalue weighted by molar-refractivity contribution is 5.53. The van der Waals surface area contributed by atoms with Crippen molar-refractivity contribution in [3.05, 3.63) is 47.0 Å². The molecule has 0 aromatic heterocycles. The summed E-state index contributed by atoms with van der Waals surface area (Å²) in [6.07, 6.45) is 2.85. The van der Waals surface area contributed by atoms with Gasteiger partial charge in [-0.1, -0.05) is 6.07 Å². The van der Waals surface area contributed by atoms with E-state index >= 15 is 0 Å². The third-order valence-electron chi connectivity index (χ3n) is 6.53. The molecule has 162 valence electrons. The summed E-state index contributed by atoms with van der Waals surface area (Å²) in [6.45, 7) is 2.50. The Bertz CT molecular complexity index is 891. The topological polar surface area (TPSA) is 58.2 Å². The monoisotopic (exact) mass is 413 g/mol. The zero-order valence-electron chi connectivity index (χ0n) is 18.2. The van der Waals surface area contributed by atoms with Crippen LogP contribution in [0.4, 0.5) is 0 Å². The Hall–Kier alpha value is -2.44. The lowest BCUT2D eigenvalue weighted by Crippen LogP contribution is -2.49. The summed E-state index contributed by atoms with van der Waals surface area (Å²) < 4.78 is 27.8. The van der Waals surface area contributed by atoms with Gasteiger partial charge in [0.1, 0.15) is 0 Å². The van der Waals surface area contributed by atoms with E-state index in [0.717, 1.165) is 62.0 Å². The van der Waals surface area contributed by atoms with Gasteiger partial charge in [-0.15, -0.1) is 0 Å². The van der Waals surface area contributed by atoms with Gasteiger partial charge in [0, 0.05) is 31.2 Å². The smallest absolute Gasteiger partial charge is 0.161 e. The minimum absolute atomic E-state index is 0.0707. The summed E-state index contributed by atoms with van der Waals surface area (Å²) in [7, 11) is 6.71. The van der Waals surface area contributed by atoms with Gasteiger partial charge in [0.05, 0.1) is 28.4 Å². The first-order valence-corrected chi connectivity index (χ1v) is 10.4. The number of nitrogens with one attached hydrogen (secondary N) is 1. The standard InChI is InChI=1S/C24H31NO5/c1-26-20-6-5-16(12-21(20)27-2)11-19-17-13-22(28-3)23(29-4)14-18(17)24(15-25-19)7-9-30-10-8-24/h5-6,12-14,19,25H,7-11,15H2,1-4H3. The van der Waals surface area contributed by atoms with Crippen molar-refractivity contribution in [2.45, 2.75) is 30.7 Å². The molecule has 0 saturated carbocycles. The summed E-state index contributed by atoms with van der Waals surface area (Å²) in [5.41, 5.74) is 3.89. The molecule has 0 bridgehead atoms. The average molecular weight is 414 g/mol. The largest absolute Gasteiger partial charge is 0.493 e. The number of fused-ring (bicyclic) bond motifs is 2. The summed E-state index contributed by atoms with van der Waals surface area (Å²) in [5, 5.41) is 3.82. The van der Waals surface area contributed by atoms with Gasteiger partial charge < -0.3 is 29.0 Å². The fraction of sp³-hybridized carbons (Fsp3) is 0.500. The third kappa shape index (κ3) is 3.70. The molecule has 0 aliphatic carbocycles. The van der Waals surface area contributed by atoms with Crippen molar-refractivity contribution in [1.29, 1.82) is 0 Å². The molecule has 6 nitrogen and oxygen atoms in total. The molecule has 6 heteroatoms. The van der Waals surface area contributed by atoms with Crippen LogP contribution in [-0.4, -0.2) is 48.2 Å². The van der Waals surface area contributed by atoms with Crippen molar-refractivity contribution in [3.8, 4) is 23.0 Å². The summed E-state index contributed by atoms with van der Waals surface area (Å²) in [5.74, 6) is 3.04. The summed E-state index contributed by atoms with van der Waals surface area (Å²) in [6, 6.07) is 10.6. The van der Waals surface area contributed by atoms with E-state index in [1.807, 2.05) is 6.07 Å². The minimum Gasteiger partial charge on any atom is -0.493 e. The molecular formula is C24H31NO5. The molecule has 4 rings (SSSR count). The Morgan fingerprint density at radius 2 is 1.50 bits per heavy atom. The molecule has 1 unspecified atom stereocenters. The first-order valence-electron chi connectivity index (χ1n) is 10.4. The second-order valence-electron chi connectivity index (χ2n) is 8.01. The summed E-state index contributed by atoms with van der Waals surface area (Å²) >= 11 is 0. The van der Waals surface area contributed by atoms with E-state index in [-0.39, 0.29) is 11.5 Å². The molecule has 2 aliphatic heterocycles. The van der Waals surface area contributed by atoms with Gasteiger partial charge in [0.15, 0.2) is 23.0 Å². The third-order valence-corrected chi connectivity index (χ3v) is 6.53. The van der Waals surface area contributed by atoms with Crippen molar-refractivity contribution in [1.82, 2.24) is 5.32 Å². The molecular weight excluding hydrogens is 382 g/mol. The SMILES string of the molecule is COc1ccc(CC2NCC3(CCOCC3)c3cc(OC)c(OC)cc32)cc1OC. The van der Waals surface area contributed by atoms with Crippen LogP contribution in [0.25, 0.3) is 0 Å². The molecule has 0 amide bonds. The van der Waals surface area contributed by atoms with E-state index in [0.29, 0.717) is 0 Å². The average Bonchev–Trinajstić information content (AvgIpc) is 2.80. The van der Waals surface area contributed by atoms with Crippen molar-refractivity contribution in [3.63, 3.8) is 0 Å². The Balaban J connectivity index is 1.73. The van der Waals surface area contributed by atoms with Crippen LogP contribution < -0.4 is 24.3 Å². The zero-order chi connectivity index (χ0) is 21.1. The highest BCUT2D eigenvalue weighted by Crippen LogP contribution is 2.46. The van der Waals surface area contributed by atoms with Crippen LogP contribution in [0.3, 0.4) is 0 Å². The lowest BCUT2D eigenvalue weighted by atomic mass is 9.68. The maximum Gasteiger partial charge on any atom is 0.161 e. The number of hydrogen-bond acceptors (Lipinski definition) is 6. The minimum atomic E-state index is 0.0707. The lowest BCUT2D eigenvalue weighted by molar-refractivity contribution is 0.0451. The van der Waals surface area contributed by atoms with E-state index in [1.54, 1.807) is 28.4 Å². The van der Waals surface area contributed by atoms with Crippen LogP contribution in [0.2, 0.25) is 0 Å². The van der Waals surface area contributed by atoms with E-state index < -0.39 is 0 Å². The molecule has 30 heavy (non-hydrogen) atoms. The predicted octanol–water partition coefficient (Wildman–Crippen LogP) is 3.66. The van der Waals surface area contributed by atoms with Crippen LogP contribution in [-0.2, 0) is 16.6 Å². The second kappa shape index (κ2) is 8.74. The highest BCUT2D eigenvalue weighted by atomic mass is 16.5. The van der Waals surface area contributed by atoms with Crippen molar-refractivity contribution in [2.24, 2.45) is 0 Å². The van der Waals surface area contributed by atoms with Crippen LogP contribution in [0.5, 0.6) is 23.0 Å². The number of ether oxygens (including phenoxy) is 5. The second-order valence-corrected chi connectivity index (χ2v) is 8.01. The quantitative estimate of drug-likeness (QED) is 0.780. The maximum absolute atomic E-state index is 5.67. The number of methoxy groups -OCH3 is 4. The first kappa shape index (κ1) is 20.8. The van der Waals surface area contributed by atoms with Gasteiger partial charge in [-0.3, -0.25) is 0 Å². The Labute approximate surface area is 178 Å². The summed E-state index contributed by atoms with van der Waals surface area (Å²) in [4.78, 5) is 0. The molecule has 1 atom stereocenters. The number of rotatable bonds is 6. The highest BCUT2D eigenvalue weighted by Gasteiger charge is 2.41. The normalized spacial score (nSPS) is 19.8. The molecule has 1 N–H and O–H groups in total. The Kier molecular flexibility index (Phi) is 6.06. The van der Waals surface area contributed by atoms with Crippen LogP contribution in [0.15, 0.2) is 30.3 Å². The maximum atomic E-state index is 5.67. The molecule has 2 aromatic carbocycles. The van der Waals surface area contributed by atoms with Gasteiger partial charge in [-0.05, 0) is 60.2 Å². The molecule has 0 radical (unpaired) electrons. The number of benzene rings is 2. The number of hydrogen-bond donors (Lipinski definition) is 1. The van der Waals surface area contributed by atoms with Crippen molar-refractivity contribution < 1.29 is 23.7 Å². The van der Waals surface area contributed by atoms with Gasteiger partial charge in [-0.25, -0.2) is 0 Å². The first-order chi connectivity index (χ1) is 14.6. The van der Waals surface area contributed by atoms with Crippen LogP contribution in [0.1, 0.15) is 35.6 Å². The molecule has 2 aromatic rings. The van der Waals surface area contributed by atoms with Gasteiger partial charge in [-0.2, -0.15) is 0 Å². The van der Waals surface area contributed by atoms with Gasteiger partial charge in [0.2, 0.25) is 0 Å². The molecule has 1 fully saturated rings. The Morgan fingerprint density at radius 3 is 2.17 bits per heavy atom. The van der Waals surface area contributed by atoms with Crippen LogP contribution >= 0.6 is 0 Å². The van der Waals surface area contributed by atoms with Crippen molar-refractivity contribution >= 4 is 0 Å². The van der Waals surface area contributed by atoms with E-state index in [1.165, 1.54) is 16.7 Å². The van der Waals surface area contributed by atoms with Crippen molar-refractivity contribution in [2.75, 3.05) is 48.2 Å². The molecule has 2 heterocycles. The van der Waals surface area contributed by atoms with E-state index in [4.69, 9.17) is 23.7 Å². The van der Waals surface area contributed by atoms with Gasteiger partial charge >= 0.3 is 0 Å². The lowest BCUT2D eigenvalue weighted by Gasteiger charge is -2.45. The van der Waals surface area contributed by atoms with Gasteiger partial charge in [0.25, 0.3) is 0 Å². The fourth-order valence-corrected chi connectivity index (χ4v) is 4.80. The van der Waals surface area contributed by atoms with E-state index in [2.05, 4.69) is 29.6 Å². The molecule has 1 spiro atoms.